The van der Waals surface area contributed by atoms with Crippen molar-refractivity contribution in [1.29, 1.82) is 0 Å². The van der Waals surface area contributed by atoms with E-state index in [1.54, 1.807) is 6.07 Å². The van der Waals surface area contributed by atoms with E-state index in [0.29, 0.717) is 24.6 Å². The number of ether oxygens (including phenoxy) is 1. The third-order valence-electron chi connectivity index (χ3n) is 4.80. The molecule has 4 rings (SSSR count). The van der Waals surface area contributed by atoms with Gasteiger partial charge in [-0.2, -0.15) is 0 Å². The van der Waals surface area contributed by atoms with Crippen LogP contribution >= 0.6 is 31.9 Å². The molecule has 1 saturated heterocycles. The van der Waals surface area contributed by atoms with E-state index in [4.69, 9.17) is 9.15 Å². The highest BCUT2D eigenvalue weighted by atomic mass is 79.9. The van der Waals surface area contributed by atoms with Gasteiger partial charge in [0.15, 0.2) is 5.76 Å². The molecule has 4 nitrogen and oxygen atoms in total. The lowest BCUT2D eigenvalue weighted by molar-refractivity contribution is 0.0338. The summed E-state index contributed by atoms with van der Waals surface area (Å²) in [5.41, 5.74) is 1.29. The summed E-state index contributed by atoms with van der Waals surface area (Å²) in [7, 11) is 0. The Bertz CT molecular complexity index is 961. The molecule has 0 spiro atoms. The Kier molecular flexibility index (Phi) is 4.90. The maximum Gasteiger partial charge on any atom is 0.287 e. The molecule has 0 aliphatic carbocycles. The summed E-state index contributed by atoms with van der Waals surface area (Å²) in [6, 6.07) is 15.6. The lowest BCUT2D eigenvalue weighted by atomic mass is 9.82. The van der Waals surface area contributed by atoms with Crippen LogP contribution < -0.4 is 5.32 Å². The highest BCUT2D eigenvalue weighted by Crippen LogP contribution is 2.34. The maximum atomic E-state index is 13.0. The lowest BCUT2D eigenvalue weighted by Crippen LogP contribution is -2.49. The maximum absolute atomic E-state index is 13.0. The summed E-state index contributed by atoms with van der Waals surface area (Å²) in [4.78, 5) is 13.0. The van der Waals surface area contributed by atoms with E-state index in [-0.39, 0.29) is 5.91 Å². The standard InChI is InChI=1S/C20H17Br2NO3/c21-15-5-2-4-14(12-15)20(7-9-25-10-8-20)23-19(24)17-11-13-3-1-6-16(22)18(13)26-17/h1-6,11-12H,7-10H2,(H,23,24). The van der Waals surface area contributed by atoms with Crippen LogP contribution in [0.5, 0.6) is 0 Å². The molecular formula is C20H17Br2NO3. The number of para-hydroxylation sites is 1. The van der Waals surface area contributed by atoms with Gasteiger partial charge in [0.25, 0.3) is 5.91 Å². The quantitative estimate of drug-likeness (QED) is 0.548. The van der Waals surface area contributed by atoms with Gasteiger partial charge in [-0.15, -0.1) is 0 Å². The zero-order valence-electron chi connectivity index (χ0n) is 13.9. The molecule has 134 valence electrons. The predicted molar refractivity (Wildman–Crippen MR) is 107 cm³/mol. The van der Waals surface area contributed by atoms with E-state index in [9.17, 15) is 4.79 Å². The summed E-state index contributed by atoms with van der Waals surface area (Å²) in [5.74, 6) is 0.0998. The second-order valence-electron chi connectivity index (χ2n) is 6.43. The van der Waals surface area contributed by atoms with Crippen molar-refractivity contribution in [1.82, 2.24) is 5.32 Å². The van der Waals surface area contributed by atoms with Gasteiger partial charge in [-0.05, 0) is 58.6 Å². The van der Waals surface area contributed by atoms with Crippen LogP contribution in [-0.4, -0.2) is 19.1 Å². The van der Waals surface area contributed by atoms with Crippen molar-refractivity contribution >= 4 is 48.7 Å². The molecule has 0 saturated carbocycles. The normalized spacial score (nSPS) is 16.5. The monoisotopic (exact) mass is 477 g/mol. The van der Waals surface area contributed by atoms with Crippen LogP contribution in [0.4, 0.5) is 0 Å². The van der Waals surface area contributed by atoms with E-state index in [2.05, 4.69) is 43.2 Å². The van der Waals surface area contributed by atoms with Crippen LogP contribution in [0.25, 0.3) is 11.0 Å². The second-order valence-corrected chi connectivity index (χ2v) is 8.20. The number of furan rings is 1. The van der Waals surface area contributed by atoms with Crippen molar-refractivity contribution in [3.63, 3.8) is 0 Å². The molecule has 1 fully saturated rings. The molecule has 0 atom stereocenters. The van der Waals surface area contributed by atoms with Crippen molar-refractivity contribution < 1.29 is 13.9 Å². The Morgan fingerprint density at radius 1 is 1.04 bits per heavy atom. The number of rotatable bonds is 3. The summed E-state index contributed by atoms with van der Waals surface area (Å²) in [6.07, 6.45) is 1.44. The number of carbonyl (C=O) groups excluding carboxylic acids is 1. The van der Waals surface area contributed by atoms with Gasteiger partial charge in [-0.1, -0.05) is 40.2 Å². The molecule has 3 aromatic rings. The molecule has 6 heteroatoms. The first-order chi connectivity index (χ1) is 12.6. The van der Waals surface area contributed by atoms with Crippen LogP contribution in [0.1, 0.15) is 29.0 Å². The van der Waals surface area contributed by atoms with Gasteiger partial charge in [0.05, 0.1) is 10.0 Å². The first-order valence-corrected chi connectivity index (χ1v) is 10.0. The minimum atomic E-state index is -0.463. The number of amides is 1. The number of halogens is 2. The fourth-order valence-corrected chi connectivity index (χ4v) is 4.27. The van der Waals surface area contributed by atoms with E-state index >= 15 is 0 Å². The van der Waals surface area contributed by atoms with Crippen LogP contribution in [0.2, 0.25) is 0 Å². The zero-order chi connectivity index (χ0) is 18.1. The summed E-state index contributed by atoms with van der Waals surface area (Å²) in [5, 5.41) is 4.12. The van der Waals surface area contributed by atoms with Gasteiger partial charge in [-0.3, -0.25) is 4.79 Å². The molecular weight excluding hydrogens is 462 g/mol. The Morgan fingerprint density at radius 2 is 1.81 bits per heavy atom. The van der Waals surface area contributed by atoms with Gasteiger partial charge >= 0.3 is 0 Å². The fraction of sp³-hybridized carbons (Fsp3) is 0.250. The minimum Gasteiger partial charge on any atom is -0.450 e. The third kappa shape index (κ3) is 3.33. The Labute approximate surface area is 168 Å². The van der Waals surface area contributed by atoms with Gasteiger partial charge in [0, 0.05) is 23.1 Å². The summed E-state index contributed by atoms with van der Waals surface area (Å²) in [6.45, 7) is 1.22. The molecule has 0 radical (unpaired) electrons. The van der Waals surface area contributed by atoms with Crippen LogP contribution in [0, 0.1) is 0 Å². The lowest BCUT2D eigenvalue weighted by Gasteiger charge is -2.38. The third-order valence-corrected chi connectivity index (χ3v) is 5.91. The average Bonchev–Trinajstić information content (AvgIpc) is 3.08. The first kappa shape index (κ1) is 17.8. The molecule has 2 aromatic carbocycles. The molecule has 1 N–H and O–H groups in total. The number of benzene rings is 2. The molecule has 1 aliphatic rings. The Balaban J connectivity index is 1.68. The highest BCUT2D eigenvalue weighted by Gasteiger charge is 2.37. The van der Waals surface area contributed by atoms with Crippen LogP contribution in [0.3, 0.4) is 0 Å². The van der Waals surface area contributed by atoms with Gasteiger partial charge in [0.2, 0.25) is 0 Å². The predicted octanol–water partition coefficient (Wildman–Crippen LogP) is 5.39. The number of carbonyl (C=O) groups is 1. The number of hydrogen-bond acceptors (Lipinski definition) is 3. The second kappa shape index (κ2) is 7.18. The van der Waals surface area contributed by atoms with Crippen molar-refractivity contribution in [2.45, 2.75) is 18.4 Å². The highest BCUT2D eigenvalue weighted by molar-refractivity contribution is 9.11. The van der Waals surface area contributed by atoms with Crippen molar-refractivity contribution in [2.24, 2.45) is 0 Å². The fourth-order valence-electron chi connectivity index (χ4n) is 3.41. The van der Waals surface area contributed by atoms with E-state index in [0.717, 1.165) is 32.7 Å². The largest absolute Gasteiger partial charge is 0.450 e. The average molecular weight is 479 g/mol. The Morgan fingerprint density at radius 3 is 2.54 bits per heavy atom. The van der Waals surface area contributed by atoms with Gasteiger partial charge < -0.3 is 14.5 Å². The Hall–Kier alpha value is -1.63. The van der Waals surface area contributed by atoms with Crippen LogP contribution in [0.15, 0.2) is 61.9 Å². The smallest absolute Gasteiger partial charge is 0.287 e. The molecule has 1 aromatic heterocycles. The van der Waals surface area contributed by atoms with Gasteiger partial charge in [-0.25, -0.2) is 0 Å². The van der Waals surface area contributed by atoms with Crippen molar-refractivity contribution in [2.75, 3.05) is 13.2 Å². The molecule has 0 unspecified atom stereocenters. The SMILES string of the molecule is O=C(NC1(c2cccc(Br)c2)CCOCC1)c1cc2cccc(Br)c2o1. The molecule has 1 amide bonds. The van der Waals surface area contributed by atoms with E-state index in [1.165, 1.54) is 0 Å². The summed E-state index contributed by atoms with van der Waals surface area (Å²) >= 11 is 6.99. The molecule has 26 heavy (non-hydrogen) atoms. The summed E-state index contributed by atoms with van der Waals surface area (Å²) < 4.78 is 13.2. The van der Waals surface area contributed by atoms with Gasteiger partial charge in [0.1, 0.15) is 5.58 Å². The molecule has 0 bridgehead atoms. The van der Waals surface area contributed by atoms with E-state index < -0.39 is 5.54 Å². The number of nitrogens with one attached hydrogen (secondary N) is 1. The molecule has 1 aliphatic heterocycles. The molecule has 2 heterocycles. The topological polar surface area (TPSA) is 51.5 Å². The van der Waals surface area contributed by atoms with Crippen molar-refractivity contribution in [3.8, 4) is 0 Å². The number of hydrogen-bond donors (Lipinski definition) is 1. The van der Waals surface area contributed by atoms with E-state index in [1.807, 2.05) is 36.4 Å². The van der Waals surface area contributed by atoms with Crippen LogP contribution in [-0.2, 0) is 10.3 Å². The number of fused-ring (bicyclic) bond motifs is 1. The zero-order valence-corrected chi connectivity index (χ0v) is 17.1. The first-order valence-electron chi connectivity index (χ1n) is 8.42. The van der Waals surface area contributed by atoms with Crippen molar-refractivity contribution in [3.05, 3.63) is 68.8 Å². The minimum absolute atomic E-state index is 0.213.